The summed E-state index contributed by atoms with van der Waals surface area (Å²) in [5, 5.41) is 24.0. The molecule has 0 spiro atoms. The van der Waals surface area contributed by atoms with Crippen LogP contribution in [0.4, 0.5) is 10.2 Å². The summed E-state index contributed by atoms with van der Waals surface area (Å²) in [6.07, 6.45) is 5.75. The third kappa shape index (κ3) is 3.69. The van der Waals surface area contributed by atoms with Gasteiger partial charge in [-0.15, -0.1) is 10.2 Å². The van der Waals surface area contributed by atoms with Gasteiger partial charge in [-0.25, -0.2) is 9.37 Å². The molecular formula is C23H23FN6O. The third-order valence-corrected chi connectivity index (χ3v) is 5.75. The molecule has 7 nitrogen and oxygen atoms in total. The predicted molar refractivity (Wildman–Crippen MR) is 117 cm³/mol. The second-order valence-electron chi connectivity index (χ2n) is 8.26. The van der Waals surface area contributed by atoms with Crippen LogP contribution in [0.2, 0.25) is 0 Å². The van der Waals surface area contributed by atoms with Crippen LogP contribution in [0.25, 0.3) is 33.4 Å². The number of nitrogens with zero attached hydrogens (tertiary/aromatic N) is 6. The Morgan fingerprint density at radius 1 is 1.13 bits per heavy atom. The maximum absolute atomic E-state index is 14.4. The summed E-state index contributed by atoms with van der Waals surface area (Å²) in [6, 6.07) is 8.54. The maximum atomic E-state index is 14.4. The normalized spacial score (nSPS) is 16.7. The van der Waals surface area contributed by atoms with Crippen molar-refractivity contribution in [3.8, 4) is 28.3 Å². The first kappa shape index (κ1) is 19.4. The molecule has 1 atom stereocenters. The molecule has 1 unspecified atom stereocenters. The van der Waals surface area contributed by atoms with Gasteiger partial charge in [0.1, 0.15) is 22.7 Å². The highest BCUT2D eigenvalue weighted by Gasteiger charge is 2.19. The van der Waals surface area contributed by atoms with E-state index in [-0.39, 0.29) is 5.75 Å². The quantitative estimate of drug-likeness (QED) is 0.538. The first-order valence-corrected chi connectivity index (χ1v) is 10.4. The van der Waals surface area contributed by atoms with E-state index in [0.29, 0.717) is 39.3 Å². The lowest BCUT2D eigenvalue weighted by Crippen LogP contribution is -2.34. The first-order valence-electron chi connectivity index (χ1n) is 10.4. The van der Waals surface area contributed by atoms with Crippen molar-refractivity contribution in [3.63, 3.8) is 0 Å². The van der Waals surface area contributed by atoms with Crippen LogP contribution in [-0.2, 0) is 7.05 Å². The molecule has 0 amide bonds. The van der Waals surface area contributed by atoms with Crippen molar-refractivity contribution in [2.24, 2.45) is 13.0 Å². The van der Waals surface area contributed by atoms with E-state index in [0.717, 1.165) is 25.3 Å². The lowest BCUT2D eigenvalue weighted by Gasteiger charge is -2.31. The topological polar surface area (TPSA) is 80.0 Å². The van der Waals surface area contributed by atoms with Crippen molar-refractivity contribution in [1.29, 1.82) is 0 Å². The average Bonchev–Trinajstić information content (AvgIpc) is 3.15. The number of aromatic nitrogens is 5. The van der Waals surface area contributed by atoms with Crippen molar-refractivity contribution < 1.29 is 9.50 Å². The largest absolute Gasteiger partial charge is 0.506 e. The van der Waals surface area contributed by atoms with Gasteiger partial charge in [-0.05, 0) is 54.7 Å². The monoisotopic (exact) mass is 418 g/mol. The van der Waals surface area contributed by atoms with Gasteiger partial charge in [0.25, 0.3) is 0 Å². The average molecular weight is 418 g/mol. The Hall–Kier alpha value is -3.55. The van der Waals surface area contributed by atoms with Crippen LogP contribution < -0.4 is 4.90 Å². The number of hydrogen-bond donors (Lipinski definition) is 1. The Kier molecular flexibility index (Phi) is 4.77. The minimum absolute atomic E-state index is 0.0298. The standard InChI is InChI=1S/C23H23FN6O/c1-14-4-3-7-30(12-14)21-6-5-19(26-27-21)23-20(31)10-16(11-25-23)15-8-17-13-29(2)28-22(17)18(24)9-15/h5-6,8-11,13-14,31H,3-4,7,12H2,1-2H3. The number of pyridine rings is 1. The maximum Gasteiger partial charge on any atom is 0.151 e. The van der Waals surface area contributed by atoms with E-state index < -0.39 is 5.82 Å². The Labute approximate surface area is 179 Å². The zero-order valence-corrected chi connectivity index (χ0v) is 17.5. The summed E-state index contributed by atoms with van der Waals surface area (Å²) in [4.78, 5) is 6.63. The van der Waals surface area contributed by atoms with Gasteiger partial charge in [-0.1, -0.05) is 6.92 Å². The molecule has 1 fully saturated rings. The summed E-state index contributed by atoms with van der Waals surface area (Å²) in [5.41, 5.74) is 2.38. The van der Waals surface area contributed by atoms with Crippen molar-refractivity contribution >= 4 is 16.7 Å². The molecule has 5 rings (SSSR count). The van der Waals surface area contributed by atoms with Gasteiger partial charge < -0.3 is 10.0 Å². The molecule has 4 aromatic rings. The van der Waals surface area contributed by atoms with E-state index in [2.05, 4.69) is 32.1 Å². The van der Waals surface area contributed by atoms with Crippen molar-refractivity contribution in [1.82, 2.24) is 25.0 Å². The number of rotatable bonds is 3. The summed E-state index contributed by atoms with van der Waals surface area (Å²) < 4.78 is 16.0. The van der Waals surface area contributed by atoms with Gasteiger partial charge in [0, 0.05) is 43.5 Å². The zero-order chi connectivity index (χ0) is 21.5. The molecule has 1 aliphatic heterocycles. The molecule has 0 radical (unpaired) electrons. The molecule has 8 heteroatoms. The van der Waals surface area contributed by atoms with Crippen molar-refractivity contribution in [3.05, 3.63) is 48.5 Å². The molecule has 31 heavy (non-hydrogen) atoms. The highest BCUT2D eigenvalue weighted by molar-refractivity contribution is 5.85. The number of fused-ring (bicyclic) bond motifs is 1. The second kappa shape index (κ2) is 7.61. The molecule has 0 saturated carbocycles. The fourth-order valence-electron chi connectivity index (χ4n) is 4.20. The van der Waals surface area contributed by atoms with Gasteiger partial charge in [0.05, 0.1) is 0 Å². The van der Waals surface area contributed by atoms with E-state index in [1.54, 1.807) is 30.2 Å². The Morgan fingerprint density at radius 2 is 2.00 bits per heavy atom. The van der Waals surface area contributed by atoms with Crippen LogP contribution in [-0.4, -0.2) is 43.2 Å². The molecule has 0 bridgehead atoms. The van der Waals surface area contributed by atoms with Crippen LogP contribution in [0.5, 0.6) is 5.75 Å². The molecule has 4 heterocycles. The molecule has 158 valence electrons. The molecule has 1 saturated heterocycles. The van der Waals surface area contributed by atoms with E-state index in [9.17, 15) is 9.50 Å². The van der Waals surface area contributed by atoms with Gasteiger partial charge >= 0.3 is 0 Å². The van der Waals surface area contributed by atoms with Gasteiger partial charge in [0.15, 0.2) is 11.6 Å². The van der Waals surface area contributed by atoms with Crippen LogP contribution in [0.3, 0.4) is 0 Å². The van der Waals surface area contributed by atoms with E-state index in [1.807, 2.05) is 18.2 Å². The van der Waals surface area contributed by atoms with Gasteiger partial charge in [0.2, 0.25) is 0 Å². The Morgan fingerprint density at radius 3 is 2.74 bits per heavy atom. The number of anilines is 1. The number of benzene rings is 1. The fraction of sp³-hybridized carbons (Fsp3) is 0.304. The number of piperidine rings is 1. The summed E-state index contributed by atoms with van der Waals surface area (Å²) in [7, 11) is 1.75. The third-order valence-electron chi connectivity index (χ3n) is 5.75. The molecule has 0 aliphatic carbocycles. The molecule has 3 aromatic heterocycles. The lowest BCUT2D eigenvalue weighted by atomic mass is 10.0. The van der Waals surface area contributed by atoms with Gasteiger partial charge in [-0.2, -0.15) is 5.10 Å². The predicted octanol–water partition coefficient (Wildman–Crippen LogP) is 4.17. The smallest absolute Gasteiger partial charge is 0.151 e. The highest BCUT2D eigenvalue weighted by atomic mass is 19.1. The SMILES string of the molecule is CC1CCCN(c2ccc(-c3ncc(-c4cc(F)c5nn(C)cc5c4)cc3O)nn2)C1. The molecule has 1 aliphatic rings. The number of aromatic hydroxyl groups is 1. The fourth-order valence-corrected chi connectivity index (χ4v) is 4.20. The van der Waals surface area contributed by atoms with Crippen LogP contribution in [0.15, 0.2) is 42.7 Å². The molecule has 1 aromatic carbocycles. The van der Waals surface area contributed by atoms with Gasteiger partial charge in [-0.3, -0.25) is 4.68 Å². The van der Waals surface area contributed by atoms with Crippen molar-refractivity contribution in [2.75, 3.05) is 18.0 Å². The van der Waals surface area contributed by atoms with Crippen LogP contribution in [0.1, 0.15) is 19.8 Å². The number of halogens is 1. The minimum atomic E-state index is -0.412. The summed E-state index contributed by atoms with van der Waals surface area (Å²) in [5.74, 6) is 1.04. The second-order valence-corrected chi connectivity index (χ2v) is 8.26. The van der Waals surface area contributed by atoms with E-state index in [4.69, 9.17) is 0 Å². The molecular weight excluding hydrogens is 395 g/mol. The minimum Gasteiger partial charge on any atom is -0.506 e. The molecule has 1 N–H and O–H groups in total. The Bertz CT molecular complexity index is 1250. The van der Waals surface area contributed by atoms with Crippen LogP contribution >= 0.6 is 0 Å². The number of hydrogen-bond acceptors (Lipinski definition) is 6. The summed E-state index contributed by atoms with van der Waals surface area (Å²) >= 11 is 0. The van der Waals surface area contributed by atoms with Crippen molar-refractivity contribution in [2.45, 2.75) is 19.8 Å². The number of aryl methyl sites for hydroxylation is 1. The highest BCUT2D eigenvalue weighted by Crippen LogP contribution is 2.32. The lowest BCUT2D eigenvalue weighted by molar-refractivity contribution is 0.443. The first-order chi connectivity index (χ1) is 15.0. The summed E-state index contributed by atoms with van der Waals surface area (Å²) in [6.45, 7) is 4.20. The Balaban J connectivity index is 1.43. The van der Waals surface area contributed by atoms with E-state index >= 15 is 0 Å². The zero-order valence-electron chi connectivity index (χ0n) is 17.5. The van der Waals surface area contributed by atoms with E-state index in [1.165, 1.54) is 12.5 Å². The van der Waals surface area contributed by atoms with Crippen LogP contribution in [0, 0.1) is 11.7 Å².